The van der Waals surface area contributed by atoms with E-state index < -0.39 is 0 Å². The van der Waals surface area contributed by atoms with Gasteiger partial charge in [0.2, 0.25) is 5.43 Å². The average Bonchev–Trinajstić information content (AvgIpc) is 2.45. The molecule has 3 rings (SSSR count). The smallest absolute Gasteiger partial charge is 0.201 e. The summed E-state index contributed by atoms with van der Waals surface area (Å²) in [5, 5.41) is 1.17. The van der Waals surface area contributed by atoms with Gasteiger partial charge < -0.3 is 14.2 Å². The lowest BCUT2D eigenvalue weighted by molar-refractivity contribution is 0.659. The van der Waals surface area contributed by atoms with Crippen molar-refractivity contribution < 1.29 is 4.42 Å². The van der Waals surface area contributed by atoms with Gasteiger partial charge in [0.15, 0.2) is 0 Å². The van der Waals surface area contributed by atoms with E-state index in [2.05, 4.69) is 15.9 Å². The van der Waals surface area contributed by atoms with Crippen molar-refractivity contribution in [2.45, 2.75) is 0 Å². The van der Waals surface area contributed by atoms with Crippen LogP contribution in [0.15, 0.2) is 44.0 Å². The Balaban J connectivity index is 2.41. The van der Waals surface area contributed by atoms with Crippen molar-refractivity contribution in [1.29, 1.82) is 0 Å². The van der Waals surface area contributed by atoms with E-state index in [4.69, 9.17) is 4.42 Å². The number of benzene rings is 2. The van der Waals surface area contributed by atoms with Crippen molar-refractivity contribution >= 4 is 49.2 Å². The highest BCUT2D eigenvalue weighted by atomic mass is 79.9. The number of nitrogens with zero attached hydrogens (tertiary/aromatic N) is 2. The molecule has 0 atom stereocenters. The fraction of sp³-hybridized carbons (Fsp3) is 0.235. The van der Waals surface area contributed by atoms with Gasteiger partial charge in [-0.1, -0.05) is 0 Å². The largest absolute Gasteiger partial charge is 0.456 e. The summed E-state index contributed by atoms with van der Waals surface area (Å²) in [5.74, 6) is 0. The number of hydrogen-bond acceptors (Lipinski definition) is 4. The fourth-order valence-electron chi connectivity index (χ4n) is 2.44. The molecule has 1 heterocycles. The Labute approximate surface area is 137 Å². The first-order valence-electron chi connectivity index (χ1n) is 6.93. The molecule has 0 aliphatic rings. The Hall–Kier alpha value is -2.01. The molecule has 0 aliphatic heterocycles. The zero-order chi connectivity index (χ0) is 16.0. The zero-order valence-electron chi connectivity index (χ0n) is 13.0. The molecule has 0 bridgehead atoms. The third-order valence-electron chi connectivity index (χ3n) is 3.73. The van der Waals surface area contributed by atoms with Gasteiger partial charge in [0.05, 0.1) is 10.8 Å². The van der Waals surface area contributed by atoms with Gasteiger partial charge in [-0.3, -0.25) is 4.79 Å². The molecule has 0 unspecified atom stereocenters. The van der Waals surface area contributed by atoms with Gasteiger partial charge >= 0.3 is 0 Å². The van der Waals surface area contributed by atoms with Crippen LogP contribution in [0, 0.1) is 0 Å². The van der Waals surface area contributed by atoms with E-state index in [1.54, 1.807) is 0 Å². The Morgan fingerprint density at radius 3 is 2.18 bits per heavy atom. The van der Waals surface area contributed by atoms with Gasteiger partial charge in [-0.2, -0.15) is 0 Å². The van der Waals surface area contributed by atoms with Crippen molar-refractivity contribution in [3.63, 3.8) is 0 Å². The summed E-state index contributed by atoms with van der Waals surface area (Å²) >= 11 is 3.50. The van der Waals surface area contributed by atoms with Gasteiger partial charge in [0.1, 0.15) is 11.2 Å². The minimum atomic E-state index is -0.0151. The van der Waals surface area contributed by atoms with Crippen LogP contribution in [0.4, 0.5) is 11.4 Å². The maximum absolute atomic E-state index is 12.8. The van der Waals surface area contributed by atoms with Crippen molar-refractivity contribution in [2.75, 3.05) is 38.0 Å². The highest BCUT2D eigenvalue weighted by Crippen LogP contribution is 2.30. The van der Waals surface area contributed by atoms with Crippen LogP contribution in [0.3, 0.4) is 0 Å². The lowest BCUT2D eigenvalue weighted by atomic mass is 10.1. The summed E-state index contributed by atoms with van der Waals surface area (Å²) in [6.45, 7) is 0. The molecule has 3 aromatic rings. The predicted molar refractivity (Wildman–Crippen MR) is 96.3 cm³/mol. The molecule has 0 aliphatic carbocycles. The lowest BCUT2D eigenvalue weighted by Gasteiger charge is -2.15. The second-order valence-electron chi connectivity index (χ2n) is 5.70. The van der Waals surface area contributed by atoms with Crippen LogP contribution >= 0.6 is 15.9 Å². The van der Waals surface area contributed by atoms with Gasteiger partial charge in [-0.25, -0.2) is 0 Å². The summed E-state index contributed by atoms with van der Waals surface area (Å²) in [6.07, 6.45) is 0. The molecule has 0 saturated heterocycles. The highest BCUT2D eigenvalue weighted by molar-refractivity contribution is 9.10. The molecule has 0 N–H and O–H groups in total. The molecule has 2 aromatic carbocycles. The quantitative estimate of drug-likeness (QED) is 0.650. The van der Waals surface area contributed by atoms with Crippen LogP contribution in [-0.4, -0.2) is 28.2 Å². The van der Waals surface area contributed by atoms with Crippen molar-refractivity contribution in [3.8, 4) is 0 Å². The predicted octanol–water partition coefficient (Wildman–Crippen LogP) is 3.84. The zero-order valence-corrected chi connectivity index (χ0v) is 14.6. The van der Waals surface area contributed by atoms with E-state index in [9.17, 15) is 4.79 Å². The Morgan fingerprint density at radius 2 is 1.55 bits per heavy atom. The molecule has 22 heavy (non-hydrogen) atoms. The third kappa shape index (κ3) is 2.35. The molecule has 4 nitrogen and oxygen atoms in total. The van der Waals surface area contributed by atoms with Crippen molar-refractivity contribution in [2.24, 2.45) is 0 Å². The summed E-state index contributed by atoms with van der Waals surface area (Å²) < 4.78 is 6.76. The van der Waals surface area contributed by atoms with Gasteiger partial charge in [-0.15, -0.1) is 0 Å². The van der Waals surface area contributed by atoms with Gasteiger partial charge in [0, 0.05) is 56.2 Å². The van der Waals surface area contributed by atoms with Crippen LogP contribution in [0.1, 0.15) is 0 Å². The Bertz CT molecular complexity index is 929. The molecule has 114 valence electrons. The molecule has 0 fully saturated rings. The lowest BCUT2D eigenvalue weighted by Crippen LogP contribution is -2.11. The number of halogens is 1. The van der Waals surface area contributed by atoms with E-state index in [-0.39, 0.29) is 5.43 Å². The van der Waals surface area contributed by atoms with E-state index in [0.717, 1.165) is 15.8 Å². The first-order chi connectivity index (χ1) is 10.4. The fourth-order valence-corrected chi connectivity index (χ4v) is 3.05. The summed E-state index contributed by atoms with van der Waals surface area (Å²) in [7, 11) is 7.83. The van der Waals surface area contributed by atoms with E-state index >= 15 is 0 Å². The standard InChI is InChI=1S/C17H17BrN2O2/c1-19(2)10-5-6-12-14(8-10)22-15-9-11(20(3)4)7-13(18)16(15)17(12)21/h5-9H,1-4H3. The van der Waals surface area contributed by atoms with Crippen molar-refractivity contribution in [3.05, 3.63) is 45.0 Å². The van der Waals surface area contributed by atoms with E-state index in [1.165, 1.54) is 0 Å². The SMILES string of the molecule is CN(C)c1ccc2c(=O)c3c(Br)cc(N(C)C)cc3oc2c1. The topological polar surface area (TPSA) is 36.7 Å². The van der Waals surface area contributed by atoms with Gasteiger partial charge in [-0.05, 0) is 34.1 Å². The minimum absolute atomic E-state index is 0.0151. The third-order valence-corrected chi connectivity index (χ3v) is 4.35. The molecule has 5 heteroatoms. The van der Waals surface area contributed by atoms with Crippen LogP contribution in [0.25, 0.3) is 21.9 Å². The van der Waals surface area contributed by atoms with Crippen LogP contribution < -0.4 is 15.2 Å². The van der Waals surface area contributed by atoms with E-state index in [0.29, 0.717) is 21.9 Å². The molecule has 1 aromatic heterocycles. The molecular formula is C17H17BrN2O2. The highest BCUT2D eigenvalue weighted by Gasteiger charge is 2.13. The monoisotopic (exact) mass is 360 g/mol. The number of anilines is 2. The molecule has 0 spiro atoms. The van der Waals surface area contributed by atoms with Crippen LogP contribution in [0.2, 0.25) is 0 Å². The molecule has 0 radical (unpaired) electrons. The first kappa shape index (κ1) is 14.9. The summed E-state index contributed by atoms with van der Waals surface area (Å²) in [5.41, 5.74) is 3.15. The molecular weight excluding hydrogens is 344 g/mol. The molecule has 0 amide bonds. The Morgan fingerprint density at radius 1 is 0.909 bits per heavy atom. The van der Waals surface area contributed by atoms with Gasteiger partial charge in [0.25, 0.3) is 0 Å². The van der Waals surface area contributed by atoms with Crippen LogP contribution in [-0.2, 0) is 0 Å². The summed E-state index contributed by atoms with van der Waals surface area (Å²) in [6, 6.07) is 9.46. The minimum Gasteiger partial charge on any atom is -0.456 e. The normalized spacial score (nSPS) is 11.1. The number of hydrogen-bond donors (Lipinski definition) is 0. The Kier molecular flexibility index (Phi) is 3.60. The maximum Gasteiger partial charge on any atom is 0.201 e. The van der Waals surface area contributed by atoms with Crippen molar-refractivity contribution in [1.82, 2.24) is 0 Å². The number of rotatable bonds is 2. The second-order valence-corrected chi connectivity index (χ2v) is 6.56. The maximum atomic E-state index is 12.8. The van der Waals surface area contributed by atoms with E-state index in [1.807, 2.05) is 68.3 Å². The molecule has 0 saturated carbocycles. The summed E-state index contributed by atoms with van der Waals surface area (Å²) in [4.78, 5) is 16.7. The second kappa shape index (κ2) is 5.32. The number of fused-ring (bicyclic) bond motifs is 2. The average molecular weight is 361 g/mol. The first-order valence-corrected chi connectivity index (χ1v) is 7.72. The van der Waals surface area contributed by atoms with Crippen LogP contribution in [0.5, 0.6) is 0 Å².